The van der Waals surface area contributed by atoms with Crippen LogP contribution in [-0.2, 0) is 0 Å². The van der Waals surface area contributed by atoms with Gasteiger partial charge in [-0.25, -0.2) is 4.98 Å². The van der Waals surface area contributed by atoms with E-state index in [1.54, 1.807) is 0 Å². The van der Waals surface area contributed by atoms with Gasteiger partial charge in [0.25, 0.3) is 5.91 Å². The molecule has 0 atom stereocenters. The van der Waals surface area contributed by atoms with Crippen LogP contribution in [0, 0.1) is 25.2 Å². The first-order chi connectivity index (χ1) is 11.1. The van der Waals surface area contributed by atoms with Crippen molar-refractivity contribution in [2.45, 2.75) is 18.1 Å². The Morgan fingerprint density at radius 1 is 1.48 bits per heavy atom. The second-order valence-corrected chi connectivity index (χ2v) is 7.16. The molecule has 116 valence electrons. The average molecular weight is 343 g/mol. The smallest absolute Gasteiger partial charge is 0.278 e. The van der Waals surface area contributed by atoms with Crippen LogP contribution in [0.15, 0.2) is 22.4 Å². The fourth-order valence-electron chi connectivity index (χ4n) is 2.12. The number of hydrogen-bond acceptors (Lipinski definition) is 6. The van der Waals surface area contributed by atoms with Gasteiger partial charge in [0, 0.05) is 5.39 Å². The average Bonchev–Trinajstić information content (AvgIpc) is 3.08. The van der Waals surface area contributed by atoms with Gasteiger partial charge in [-0.15, -0.1) is 0 Å². The number of fused-ring (bicyclic) bond motifs is 1. The van der Waals surface area contributed by atoms with Crippen LogP contribution in [0.25, 0.3) is 10.9 Å². The highest BCUT2D eigenvalue weighted by molar-refractivity contribution is 8.01. The van der Waals surface area contributed by atoms with E-state index in [0.717, 1.165) is 26.4 Å². The lowest BCUT2D eigenvalue weighted by molar-refractivity contribution is 0.102. The predicted octanol–water partition coefficient (Wildman–Crippen LogP) is 3.50. The molecule has 2 aromatic heterocycles. The Bertz CT molecular complexity index is 922. The van der Waals surface area contributed by atoms with Crippen molar-refractivity contribution in [2.24, 2.45) is 0 Å². The molecule has 3 rings (SSSR count). The fraction of sp³-hybridized carbons (Fsp3) is 0.200. The van der Waals surface area contributed by atoms with Crippen molar-refractivity contribution in [2.75, 3.05) is 11.1 Å². The molecule has 8 heteroatoms. The SMILES string of the molecule is Cc1ccc2[nH]nc(C(=O)Nc3nc(C)c(SCC#N)s3)c2c1. The molecule has 1 aromatic carbocycles. The van der Waals surface area contributed by atoms with Crippen molar-refractivity contribution < 1.29 is 4.79 Å². The van der Waals surface area contributed by atoms with Crippen LogP contribution in [0.5, 0.6) is 0 Å². The Morgan fingerprint density at radius 2 is 2.30 bits per heavy atom. The Hall–Kier alpha value is -2.37. The predicted molar refractivity (Wildman–Crippen MR) is 92.0 cm³/mol. The van der Waals surface area contributed by atoms with Gasteiger partial charge < -0.3 is 0 Å². The Kier molecular flexibility index (Phi) is 4.32. The van der Waals surface area contributed by atoms with Gasteiger partial charge in [0.05, 0.1) is 27.2 Å². The summed E-state index contributed by atoms with van der Waals surface area (Å²) in [5, 5.41) is 19.7. The second-order valence-electron chi connectivity index (χ2n) is 4.91. The lowest BCUT2D eigenvalue weighted by Gasteiger charge is -1.99. The molecular weight excluding hydrogens is 330 g/mol. The number of aryl methyl sites for hydroxylation is 2. The molecule has 23 heavy (non-hydrogen) atoms. The number of benzene rings is 1. The molecule has 0 saturated heterocycles. The maximum Gasteiger partial charge on any atom is 0.278 e. The molecule has 3 aromatic rings. The second kappa shape index (κ2) is 6.40. The van der Waals surface area contributed by atoms with Crippen LogP contribution in [-0.4, -0.2) is 26.8 Å². The maximum atomic E-state index is 12.4. The number of nitriles is 1. The molecule has 0 fully saturated rings. The van der Waals surface area contributed by atoms with Gasteiger partial charge in [-0.2, -0.15) is 10.4 Å². The van der Waals surface area contributed by atoms with Crippen molar-refractivity contribution in [3.63, 3.8) is 0 Å². The molecule has 0 aliphatic rings. The third kappa shape index (κ3) is 3.21. The zero-order valence-corrected chi connectivity index (χ0v) is 14.1. The van der Waals surface area contributed by atoms with E-state index in [2.05, 4.69) is 26.6 Å². The van der Waals surface area contributed by atoms with E-state index in [1.807, 2.05) is 32.0 Å². The molecule has 0 aliphatic heterocycles. The van der Waals surface area contributed by atoms with E-state index in [-0.39, 0.29) is 5.91 Å². The van der Waals surface area contributed by atoms with Crippen LogP contribution in [0.4, 0.5) is 5.13 Å². The minimum atomic E-state index is -0.299. The standard InChI is InChI=1S/C15H13N5OS2/c1-8-3-4-11-10(7-8)12(20-19-11)13(21)18-15-17-9(2)14(23-15)22-6-5-16/h3-4,7H,6H2,1-2H3,(H,19,20)(H,17,18,21). The summed E-state index contributed by atoms with van der Waals surface area (Å²) in [7, 11) is 0. The number of anilines is 1. The monoisotopic (exact) mass is 343 g/mol. The number of carbonyl (C=O) groups is 1. The summed E-state index contributed by atoms with van der Waals surface area (Å²) in [5.41, 5.74) is 3.05. The quantitative estimate of drug-likeness (QED) is 0.707. The number of thioether (sulfide) groups is 1. The summed E-state index contributed by atoms with van der Waals surface area (Å²) in [4.78, 5) is 16.8. The van der Waals surface area contributed by atoms with Gasteiger partial charge in [0.1, 0.15) is 0 Å². The summed E-state index contributed by atoms with van der Waals surface area (Å²) < 4.78 is 0.935. The van der Waals surface area contributed by atoms with E-state index in [1.165, 1.54) is 23.1 Å². The van der Waals surface area contributed by atoms with E-state index in [0.29, 0.717) is 16.6 Å². The molecule has 2 heterocycles. The highest BCUT2D eigenvalue weighted by Crippen LogP contribution is 2.32. The summed E-state index contributed by atoms with van der Waals surface area (Å²) in [6.07, 6.45) is 0. The van der Waals surface area contributed by atoms with Gasteiger partial charge in [-0.3, -0.25) is 15.2 Å². The van der Waals surface area contributed by atoms with Gasteiger partial charge in [0.2, 0.25) is 0 Å². The number of amides is 1. The van der Waals surface area contributed by atoms with Crippen LogP contribution < -0.4 is 5.32 Å². The number of aromatic nitrogens is 3. The molecule has 0 radical (unpaired) electrons. The minimum Gasteiger partial charge on any atom is -0.296 e. The maximum absolute atomic E-state index is 12.4. The number of thiazole rings is 1. The third-order valence-electron chi connectivity index (χ3n) is 3.18. The molecule has 1 amide bonds. The van der Waals surface area contributed by atoms with Crippen LogP contribution in [0.1, 0.15) is 21.7 Å². The number of nitrogens with one attached hydrogen (secondary N) is 2. The van der Waals surface area contributed by atoms with Crippen molar-refractivity contribution >= 4 is 45.0 Å². The molecule has 0 aliphatic carbocycles. The number of H-pyrrole nitrogens is 1. The first-order valence-corrected chi connectivity index (χ1v) is 8.62. The minimum absolute atomic E-state index is 0.299. The number of carbonyl (C=O) groups excluding carboxylic acids is 1. The van der Waals surface area contributed by atoms with Gasteiger partial charge in [0.15, 0.2) is 10.8 Å². The first kappa shape index (κ1) is 15.5. The van der Waals surface area contributed by atoms with Gasteiger partial charge >= 0.3 is 0 Å². The number of aromatic amines is 1. The van der Waals surface area contributed by atoms with E-state index >= 15 is 0 Å². The van der Waals surface area contributed by atoms with Crippen molar-refractivity contribution in [3.8, 4) is 6.07 Å². The molecule has 0 unspecified atom stereocenters. The highest BCUT2D eigenvalue weighted by atomic mass is 32.2. The van der Waals surface area contributed by atoms with E-state index in [9.17, 15) is 4.79 Å². The topological polar surface area (TPSA) is 94.5 Å². The zero-order chi connectivity index (χ0) is 16.4. The van der Waals surface area contributed by atoms with Gasteiger partial charge in [-0.1, -0.05) is 34.7 Å². The lowest BCUT2D eigenvalue weighted by atomic mass is 10.1. The lowest BCUT2D eigenvalue weighted by Crippen LogP contribution is -2.12. The van der Waals surface area contributed by atoms with Gasteiger partial charge in [-0.05, 0) is 26.0 Å². The molecule has 2 N–H and O–H groups in total. The number of hydrogen-bond donors (Lipinski definition) is 2. The van der Waals surface area contributed by atoms with Crippen molar-refractivity contribution in [3.05, 3.63) is 35.2 Å². The van der Waals surface area contributed by atoms with Crippen LogP contribution >= 0.6 is 23.1 Å². The van der Waals surface area contributed by atoms with E-state index < -0.39 is 0 Å². The normalized spacial score (nSPS) is 10.7. The zero-order valence-electron chi connectivity index (χ0n) is 12.5. The summed E-state index contributed by atoms with van der Waals surface area (Å²) in [5.74, 6) is 0.0621. The molecule has 0 bridgehead atoms. The third-order valence-corrected chi connectivity index (χ3v) is 5.48. The summed E-state index contributed by atoms with van der Waals surface area (Å²) >= 11 is 2.78. The number of rotatable bonds is 4. The Labute approximate surface area is 140 Å². The first-order valence-electron chi connectivity index (χ1n) is 6.81. The molecule has 0 spiro atoms. The van der Waals surface area contributed by atoms with Crippen molar-refractivity contribution in [1.29, 1.82) is 5.26 Å². The Balaban J connectivity index is 1.83. The van der Waals surface area contributed by atoms with Crippen LogP contribution in [0.2, 0.25) is 0 Å². The van der Waals surface area contributed by atoms with Crippen LogP contribution in [0.3, 0.4) is 0 Å². The highest BCUT2D eigenvalue weighted by Gasteiger charge is 2.17. The van der Waals surface area contributed by atoms with E-state index in [4.69, 9.17) is 5.26 Å². The fourth-order valence-corrected chi connectivity index (χ4v) is 3.92. The summed E-state index contributed by atoms with van der Waals surface area (Å²) in [6, 6.07) is 7.87. The molecule has 0 saturated carbocycles. The largest absolute Gasteiger partial charge is 0.296 e. The molecular formula is C15H13N5OS2. The molecule has 6 nitrogen and oxygen atoms in total. The van der Waals surface area contributed by atoms with Crippen molar-refractivity contribution in [1.82, 2.24) is 15.2 Å². The Morgan fingerprint density at radius 3 is 3.09 bits per heavy atom. The summed E-state index contributed by atoms with van der Waals surface area (Å²) in [6.45, 7) is 3.83. The number of nitrogens with zero attached hydrogens (tertiary/aromatic N) is 3.